The number of ether oxygens (including phenoxy) is 3. The molecule has 0 aromatic rings. The van der Waals surface area contributed by atoms with Gasteiger partial charge in [0.1, 0.15) is 13.2 Å². The molecule has 0 bridgehead atoms. The Morgan fingerprint density at radius 2 is 0.557 bits per heavy atom. The Labute approximate surface area is 432 Å². The van der Waals surface area contributed by atoms with E-state index in [1.807, 2.05) is 0 Å². The topological polar surface area (TPSA) is 78.9 Å². The fraction of sp³-hybridized carbons (Fsp3) is 0.703. The van der Waals surface area contributed by atoms with E-state index >= 15 is 0 Å². The zero-order chi connectivity index (χ0) is 50.7. The van der Waals surface area contributed by atoms with Gasteiger partial charge in [-0.1, -0.05) is 227 Å². The molecule has 0 heterocycles. The van der Waals surface area contributed by atoms with Crippen LogP contribution in [0.1, 0.15) is 271 Å². The Morgan fingerprint density at radius 1 is 0.300 bits per heavy atom. The molecule has 1 atom stereocenters. The SMILES string of the molecule is CC/C=C\C/C=C\C/C=C\C/C=C\C/C=C\CCCCCC(=O)OC[C@@H](COC(=O)CCCCCCC/C=C\CCCCCCC)OC(=O)CCCCCCCCCCC/C=C\C/C=C\CCCCC. The van der Waals surface area contributed by atoms with Crippen molar-refractivity contribution in [2.45, 2.75) is 277 Å². The van der Waals surface area contributed by atoms with Crippen molar-refractivity contribution in [1.82, 2.24) is 0 Å². The minimum Gasteiger partial charge on any atom is -0.462 e. The number of hydrogen-bond acceptors (Lipinski definition) is 6. The highest BCUT2D eigenvalue weighted by atomic mass is 16.6. The zero-order valence-electron chi connectivity index (χ0n) is 45.8. The van der Waals surface area contributed by atoms with Crippen LogP contribution in [0.15, 0.2) is 97.2 Å². The molecule has 6 nitrogen and oxygen atoms in total. The first kappa shape index (κ1) is 66.3. The maximum absolute atomic E-state index is 12.9. The summed E-state index contributed by atoms with van der Waals surface area (Å²) in [6, 6.07) is 0. The molecular weight excluding hydrogens is 865 g/mol. The summed E-state index contributed by atoms with van der Waals surface area (Å²) in [6.07, 6.45) is 76.8. The average molecular weight is 974 g/mol. The number of esters is 3. The van der Waals surface area contributed by atoms with Crippen LogP contribution in [0.2, 0.25) is 0 Å². The Kier molecular flexibility index (Phi) is 54.9. The minimum atomic E-state index is -0.798. The van der Waals surface area contributed by atoms with Crippen molar-refractivity contribution in [2.75, 3.05) is 13.2 Å². The lowest BCUT2D eigenvalue weighted by Crippen LogP contribution is -2.30. The summed E-state index contributed by atoms with van der Waals surface area (Å²) in [4.78, 5) is 38.2. The summed E-state index contributed by atoms with van der Waals surface area (Å²) < 4.78 is 16.8. The Bertz CT molecular complexity index is 1400. The number of carbonyl (C=O) groups is 3. The normalized spacial score (nSPS) is 12.8. The summed E-state index contributed by atoms with van der Waals surface area (Å²) in [5.41, 5.74) is 0. The van der Waals surface area contributed by atoms with Gasteiger partial charge in [-0.15, -0.1) is 0 Å². The lowest BCUT2D eigenvalue weighted by atomic mass is 10.1. The van der Waals surface area contributed by atoms with E-state index in [0.29, 0.717) is 19.3 Å². The van der Waals surface area contributed by atoms with Crippen molar-refractivity contribution >= 4 is 17.9 Å². The number of hydrogen-bond donors (Lipinski definition) is 0. The zero-order valence-corrected chi connectivity index (χ0v) is 45.8. The second-order valence-corrected chi connectivity index (χ2v) is 19.2. The number of allylic oxidation sites excluding steroid dienone is 16. The van der Waals surface area contributed by atoms with Crippen LogP contribution in [0.3, 0.4) is 0 Å². The molecule has 0 rings (SSSR count). The van der Waals surface area contributed by atoms with Crippen molar-refractivity contribution in [3.8, 4) is 0 Å². The van der Waals surface area contributed by atoms with Crippen molar-refractivity contribution in [2.24, 2.45) is 0 Å². The van der Waals surface area contributed by atoms with Gasteiger partial charge in [-0.25, -0.2) is 0 Å². The number of rotatable bonds is 52. The van der Waals surface area contributed by atoms with Gasteiger partial charge in [0.2, 0.25) is 0 Å². The van der Waals surface area contributed by atoms with Gasteiger partial charge in [0.25, 0.3) is 0 Å². The molecular formula is C64H108O6. The maximum Gasteiger partial charge on any atom is 0.306 e. The van der Waals surface area contributed by atoms with Crippen molar-refractivity contribution < 1.29 is 28.6 Å². The molecule has 0 N–H and O–H groups in total. The molecule has 0 aliphatic heterocycles. The summed E-state index contributed by atoms with van der Waals surface area (Å²) in [7, 11) is 0. The predicted molar refractivity (Wildman–Crippen MR) is 302 cm³/mol. The van der Waals surface area contributed by atoms with Crippen LogP contribution >= 0.6 is 0 Å². The highest BCUT2D eigenvalue weighted by Gasteiger charge is 2.19. The Hall–Kier alpha value is -3.67. The molecule has 0 spiro atoms. The van der Waals surface area contributed by atoms with Crippen LogP contribution in [0, 0.1) is 0 Å². The van der Waals surface area contributed by atoms with E-state index in [9.17, 15) is 14.4 Å². The van der Waals surface area contributed by atoms with E-state index in [1.54, 1.807) is 0 Å². The molecule has 70 heavy (non-hydrogen) atoms. The lowest BCUT2D eigenvalue weighted by molar-refractivity contribution is -0.167. The second kappa shape index (κ2) is 57.9. The number of carbonyl (C=O) groups excluding carboxylic acids is 3. The molecule has 6 heteroatoms. The van der Waals surface area contributed by atoms with Crippen molar-refractivity contribution in [3.63, 3.8) is 0 Å². The largest absolute Gasteiger partial charge is 0.462 e. The van der Waals surface area contributed by atoms with Gasteiger partial charge in [-0.05, 0) is 122 Å². The highest BCUT2D eigenvalue weighted by Crippen LogP contribution is 2.15. The maximum atomic E-state index is 12.9. The predicted octanol–water partition coefficient (Wildman–Crippen LogP) is 19.7. The van der Waals surface area contributed by atoms with E-state index in [1.165, 1.54) is 122 Å². The Balaban J connectivity index is 4.46. The summed E-state index contributed by atoms with van der Waals surface area (Å²) >= 11 is 0. The molecule has 0 unspecified atom stereocenters. The molecule has 0 saturated carbocycles. The first-order valence-corrected chi connectivity index (χ1v) is 29.2. The van der Waals surface area contributed by atoms with E-state index in [2.05, 4.69) is 118 Å². The first-order valence-electron chi connectivity index (χ1n) is 29.2. The van der Waals surface area contributed by atoms with Gasteiger partial charge in [0.05, 0.1) is 0 Å². The van der Waals surface area contributed by atoms with E-state index in [0.717, 1.165) is 109 Å². The van der Waals surface area contributed by atoms with Crippen LogP contribution < -0.4 is 0 Å². The third-order valence-electron chi connectivity index (χ3n) is 12.3. The molecule has 400 valence electrons. The second-order valence-electron chi connectivity index (χ2n) is 19.2. The van der Waals surface area contributed by atoms with Gasteiger partial charge >= 0.3 is 17.9 Å². The molecule has 0 fully saturated rings. The molecule has 0 aliphatic carbocycles. The first-order chi connectivity index (χ1) is 34.5. The van der Waals surface area contributed by atoms with Crippen LogP contribution in [-0.2, 0) is 28.6 Å². The van der Waals surface area contributed by atoms with E-state index < -0.39 is 6.10 Å². The number of unbranched alkanes of at least 4 members (excludes halogenated alkanes) is 25. The fourth-order valence-corrected chi connectivity index (χ4v) is 7.91. The van der Waals surface area contributed by atoms with Crippen molar-refractivity contribution in [1.29, 1.82) is 0 Å². The lowest BCUT2D eigenvalue weighted by Gasteiger charge is -2.18. The van der Waals surface area contributed by atoms with Crippen LogP contribution in [0.25, 0.3) is 0 Å². The van der Waals surface area contributed by atoms with Gasteiger partial charge < -0.3 is 14.2 Å². The van der Waals surface area contributed by atoms with Gasteiger partial charge in [-0.2, -0.15) is 0 Å². The van der Waals surface area contributed by atoms with E-state index in [-0.39, 0.29) is 31.1 Å². The summed E-state index contributed by atoms with van der Waals surface area (Å²) in [5, 5.41) is 0. The molecule has 0 aromatic heterocycles. The average Bonchev–Trinajstić information content (AvgIpc) is 3.36. The molecule has 0 aromatic carbocycles. The van der Waals surface area contributed by atoms with Crippen LogP contribution in [-0.4, -0.2) is 37.2 Å². The Morgan fingerprint density at radius 3 is 0.929 bits per heavy atom. The monoisotopic (exact) mass is 973 g/mol. The molecule has 0 aliphatic rings. The third-order valence-corrected chi connectivity index (χ3v) is 12.3. The van der Waals surface area contributed by atoms with Crippen LogP contribution in [0.5, 0.6) is 0 Å². The van der Waals surface area contributed by atoms with Crippen LogP contribution in [0.4, 0.5) is 0 Å². The summed E-state index contributed by atoms with van der Waals surface area (Å²) in [6.45, 7) is 6.46. The van der Waals surface area contributed by atoms with Gasteiger partial charge in [-0.3, -0.25) is 14.4 Å². The van der Waals surface area contributed by atoms with Gasteiger partial charge in [0.15, 0.2) is 6.10 Å². The third kappa shape index (κ3) is 55.3. The molecule has 0 radical (unpaired) electrons. The standard InChI is InChI=1S/C64H108O6/c1-4-7-10-13-16-19-22-25-28-30-32-34-36-39-42-45-48-51-54-57-63(66)69-60-61(59-68-62(65)56-53-50-47-44-41-38-27-24-21-18-15-12-9-6-3)70-64(67)58-55-52-49-46-43-40-37-35-33-31-29-26-23-20-17-14-11-8-5-2/h7,10,16-17,19-20,24-29,32,34,39,42,61H,4-6,8-9,11-15,18,21-23,30-31,33,35-38,40-41,43-60H2,1-3H3/b10-7-,19-16-,20-17-,27-24-,28-25-,29-26-,34-32-,42-39-/t61-/m1/s1. The minimum absolute atomic E-state index is 0.0944. The fourth-order valence-electron chi connectivity index (χ4n) is 7.91. The smallest absolute Gasteiger partial charge is 0.306 e. The van der Waals surface area contributed by atoms with Gasteiger partial charge in [0, 0.05) is 19.3 Å². The van der Waals surface area contributed by atoms with E-state index in [4.69, 9.17) is 14.2 Å². The molecule has 0 amide bonds. The van der Waals surface area contributed by atoms with Crippen molar-refractivity contribution in [3.05, 3.63) is 97.2 Å². The molecule has 0 saturated heterocycles. The quantitative estimate of drug-likeness (QED) is 0.0262. The highest BCUT2D eigenvalue weighted by molar-refractivity contribution is 5.71. The summed E-state index contributed by atoms with van der Waals surface area (Å²) in [5.74, 6) is -0.936.